The molecular formula is C24H26ClNO2. The molecule has 2 aromatic carbocycles. The molecule has 3 rings (SSSR count). The third-order valence-electron chi connectivity index (χ3n) is 4.88. The number of aliphatic hydroxyl groups is 1. The van der Waals surface area contributed by atoms with Crippen molar-refractivity contribution >= 4 is 17.4 Å². The number of rotatable bonds is 4. The summed E-state index contributed by atoms with van der Waals surface area (Å²) in [4.78, 5) is 15.1. The van der Waals surface area contributed by atoms with E-state index in [1.54, 1.807) is 26.0 Å². The van der Waals surface area contributed by atoms with Gasteiger partial charge in [0.1, 0.15) is 5.60 Å². The molecule has 0 aliphatic carbocycles. The van der Waals surface area contributed by atoms with Gasteiger partial charge >= 0.3 is 0 Å². The first-order chi connectivity index (χ1) is 13.3. The summed E-state index contributed by atoms with van der Waals surface area (Å²) in [5.41, 5.74) is 1.85. The predicted molar refractivity (Wildman–Crippen MR) is 113 cm³/mol. The highest BCUT2D eigenvalue weighted by Crippen LogP contribution is 2.23. The van der Waals surface area contributed by atoms with Crippen LogP contribution in [0, 0.1) is 17.8 Å². The number of Topliss-reactive ketones (excluding diaryl/α,β-unsaturated/α-hetero) is 1. The van der Waals surface area contributed by atoms with Crippen LogP contribution in [0.3, 0.4) is 0 Å². The first-order valence-electron chi connectivity index (χ1n) is 9.67. The molecule has 0 saturated carbocycles. The quantitative estimate of drug-likeness (QED) is 0.609. The maximum Gasteiger partial charge on any atom is 0.167 e. The fraction of sp³-hybridized carbons (Fsp3) is 0.375. The highest BCUT2D eigenvalue weighted by atomic mass is 35.5. The summed E-state index contributed by atoms with van der Waals surface area (Å²) in [6.45, 7) is 5.95. The summed E-state index contributed by atoms with van der Waals surface area (Å²) in [6, 6.07) is 15.3. The molecule has 0 bridgehead atoms. The molecule has 146 valence electrons. The molecule has 0 amide bonds. The fourth-order valence-electron chi connectivity index (χ4n) is 3.44. The highest BCUT2D eigenvalue weighted by Gasteiger charge is 2.26. The van der Waals surface area contributed by atoms with E-state index in [1.807, 2.05) is 24.3 Å². The van der Waals surface area contributed by atoms with Gasteiger partial charge in [0.2, 0.25) is 0 Å². The molecule has 1 fully saturated rings. The molecule has 3 nitrogen and oxygen atoms in total. The smallest absolute Gasteiger partial charge is 0.167 e. The topological polar surface area (TPSA) is 40.5 Å². The van der Waals surface area contributed by atoms with Gasteiger partial charge in [-0.1, -0.05) is 35.6 Å². The third kappa shape index (κ3) is 5.94. The molecule has 1 saturated heterocycles. The molecule has 2 aromatic rings. The van der Waals surface area contributed by atoms with Gasteiger partial charge in [0.25, 0.3) is 0 Å². The minimum absolute atomic E-state index is 0.0341. The van der Waals surface area contributed by atoms with Gasteiger partial charge in [0, 0.05) is 35.2 Å². The Labute approximate surface area is 172 Å². The van der Waals surface area contributed by atoms with Crippen LogP contribution in [0.4, 0.5) is 0 Å². The molecule has 0 aromatic heterocycles. The van der Waals surface area contributed by atoms with Crippen LogP contribution in [0.25, 0.3) is 0 Å². The molecule has 1 heterocycles. The standard InChI is InChI=1S/C24H26ClNO2/c1-24(2,28)14-13-18-5-7-19(8-6-18)16-26-15-3-4-21(17-26)23(27)20-9-11-22(25)12-10-20/h5-12,21,28H,3-4,15-17H2,1-2H3/t21-/m1/s1. The van der Waals surface area contributed by atoms with E-state index in [-0.39, 0.29) is 11.7 Å². The zero-order valence-corrected chi connectivity index (χ0v) is 17.2. The zero-order chi connectivity index (χ0) is 20.1. The van der Waals surface area contributed by atoms with Gasteiger partial charge in [-0.3, -0.25) is 9.69 Å². The summed E-state index contributed by atoms with van der Waals surface area (Å²) in [5.74, 6) is 6.06. The Kier molecular flexibility index (Phi) is 6.57. The lowest BCUT2D eigenvalue weighted by Crippen LogP contribution is -2.38. The Morgan fingerprint density at radius 2 is 1.86 bits per heavy atom. The van der Waals surface area contributed by atoms with Crippen LogP contribution >= 0.6 is 11.6 Å². The summed E-state index contributed by atoms with van der Waals surface area (Å²) in [7, 11) is 0. The molecule has 1 aliphatic rings. The molecule has 1 N–H and O–H groups in total. The predicted octanol–water partition coefficient (Wildman–Crippen LogP) is 4.56. The van der Waals surface area contributed by atoms with Crippen molar-refractivity contribution in [1.29, 1.82) is 0 Å². The average Bonchev–Trinajstić information content (AvgIpc) is 2.67. The lowest BCUT2D eigenvalue weighted by molar-refractivity contribution is 0.0811. The van der Waals surface area contributed by atoms with Crippen LogP contribution in [0.2, 0.25) is 5.02 Å². The largest absolute Gasteiger partial charge is 0.378 e. The Hall–Kier alpha value is -2.12. The maximum atomic E-state index is 12.8. The highest BCUT2D eigenvalue weighted by molar-refractivity contribution is 6.30. The van der Waals surface area contributed by atoms with Crippen LogP contribution in [0.15, 0.2) is 48.5 Å². The molecule has 0 spiro atoms. The first-order valence-corrected chi connectivity index (χ1v) is 10.0. The van der Waals surface area contributed by atoms with Crippen LogP contribution < -0.4 is 0 Å². The summed E-state index contributed by atoms with van der Waals surface area (Å²) in [6.07, 6.45) is 1.96. The van der Waals surface area contributed by atoms with Gasteiger partial charge in [0.15, 0.2) is 5.78 Å². The minimum Gasteiger partial charge on any atom is -0.378 e. The Balaban J connectivity index is 1.61. The summed E-state index contributed by atoms with van der Waals surface area (Å²) >= 11 is 5.93. The van der Waals surface area contributed by atoms with Crippen LogP contribution in [0.1, 0.15) is 48.2 Å². The zero-order valence-electron chi connectivity index (χ0n) is 16.4. The Morgan fingerprint density at radius 3 is 2.50 bits per heavy atom. The van der Waals surface area contributed by atoms with Crippen molar-refractivity contribution in [3.05, 3.63) is 70.2 Å². The Morgan fingerprint density at radius 1 is 1.18 bits per heavy atom. The number of ketones is 1. The van der Waals surface area contributed by atoms with Gasteiger partial charge in [-0.2, -0.15) is 0 Å². The normalized spacial score (nSPS) is 17.6. The number of likely N-dealkylation sites (tertiary alicyclic amines) is 1. The molecule has 0 radical (unpaired) electrons. The number of piperidine rings is 1. The molecule has 1 atom stereocenters. The van der Waals surface area contributed by atoms with E-state index < -0.39 is 5.60 Å². The minimum atomic E-state index is -0.988. The van der Waals surface area contributed by atoms with Gasteiger partial charge in [-0.25, -0.2) is 0 Å². The Bertz CT molecular complexity index is 870. The van der Waals surface area contributed by atoms with Gasteiger partial charge in [0.05, 0.1) is 0 Å². The molecule has 28 heavy (non-hydrogen) atoms. The van der Waals surface area contributed by atoms with E-state index in [0.29, 0.717) is 5.02 Å². The van der Waals surface area contributed by atoms with E-state index in [2.05, 4.69) is 28.9 Å². The van der Waals surface area contributed by atoms with E-state index in [0.717, 1.165) is 43.6 Å². The van der Waals surface area contributed by atoms with Gasteiger partial charge < -0.3 is 5.11 Å². The van der Waals surface area contributed by atoms with Crippen molar-refractivity contribution in [3.8, 4) is 11.8 Å². The molecule has 0 unspecified atom stereocenters. The lowest BCUT2D eigenvalue weighted by atomic mass is 9.90. The van der Waals surface area contributed by atoms with E-state index in [9.17, 15) is 9.90 Å². The van der Waals surface area contributed by atoms with Crippen molar-refractivity contribution in [2.75, 3.05) is 13.1 Å². The van der Waals surface area contributed by atoms with Gasteiger partial charge in [-0.15, -0.1) is 0 Å². The second kappa shape index (κ2) is 8.92. The number of hydrogen-bond acceptors (Lipinski definition) is 3. The van der Waals surface area contributed by atoms with Crippen LogP contribution in [-0.4, -0.2) is 34.5 Å². The maximum absolute atomic E-state index is 12.8. The second-order valence-electron chi connectivity index (χ2n) is 7.95. The SMILES string of the molecule is CC(C)(O)C#Cc1ccc(CN2CCC[C@@H](C(=O)c3ccc(Cl)cc3)C2)cc1. The number of carbonyl (C=O) groups is 1. The van der Waals surface area contributed by atoms with Crippen molar-refractivity contribution in [1.82, 2.24) is 4.90 Å². The summed E-state index contributed by atoms with van der Waals surface area (Å²) in [5, 5.41) is 10.4. The second-order valence-corrected chi connectivity index (χ2v) is 8.39. The summed E-state index contributed by atoms with van der Waals surface area (Å²) < 4.78 is 0. The fourth-order valence-corrected chi connectivity index (χ4v) is 3.57. The van der Waals surface area contributed by atoms with E-state index >= 15 is 0 Å². The monoisotopic (exact) mass is 395 g/mol. The molecule has 4 heteroatoms. The first kappa shape index (κ1) is 20.6. The third-order valence-corrected chi connectivity index (χ3v) is 5.13. The number of benzene rings is 2. The molecule has 1 aliphatic heterocycles. The average molecular weight is 396 g/mol. The van der Waals surface area contributed by atoms with Crippen molar-refractivity contribution in [2.45, 2.75) is 38.8 Å². The number of halogens is 1. The van der Waals surface area contributed by atoms with Crippen molar-refractivity contribution < 1.29 is 9.90 Å². The van der Waals surface area contributed by atoms with Crippen LogP contribution in [-0.2, 0) is 6.54 Å². The number of carbonyl (C=O) groups excluding carboxylic acids is 1. The van der Waals surface area contributed by atoms with Crippen molar-refractivity contribution in [3.63, 3.8) is 0 Å². The van der Waals surface area contributed by atoms with E-state index in [4.69, 9.17) is 11.6 Å². The van der Waals surface area contributed by atoms with E-state index in [1.165, 1.54) is 5.56 Å². The number of hydrogen-bond donors (Lipinski definition) is 1. The lowest BCUT2D eigenvalue weighted by Gasteiger charge is -2.32. The van der Waals surface area contributed by atoms with Crippen molar-refractivity contribution in [2.24, 2.45) is 5.92 Å². The molecular weight excluding hydrogens is 370 g/mol. The van der Waals surface area contributed by atoms with Crippen LogP contribution in [0.5, 0.6) is 0 Å². The van der Waals surface area contributed by atoms with Gasteiger partial charge in [-0.05, 0) is 75.2 Å². The number of nitrogens with zero attached hydrogens (tertiary/aromatic N) is 1.